The number of likely N-dealkylation sites (N-methyl/N-ethyl adjacent to an activating group) is 1. The number of benzene rings is 2. The van der Waals surface area contributed by atoms with Crippen molar-refractivity contribution in [3.05, 3.63) is 106 Å². The van der Waals surface area contributed by atoms with Crippen LogP contribution in [-0.4, -0.2) is 52.9 Å². The van der Waals surface area contributed by atoms with E-state index in [2.05, 4.69) is 10.6 Å². The second kappa shape index (κ2) is 11.6. The molecule has 7 nitrogen and oxygen atoms in total. The maximum absolute atomic E-state index is 14.2. The fourth-order valence-electron chi connectivity index (χ4n) is 4.78. The fraction of sp³-hybridized carbons (Fsp3) is 0.310. The Morgan fingerprint density at radius 3 is 2.55 bits per heavy atom. The molecule has 2 aliphatic rings. The number of hydrogen-bond acceptors (Lipinski definition) is 5. The normalized spacial score (nSPS) is 18.2. The van der Waals surface area contributed by atoms with Crippen molar-refractivity contribution in [3.63, 3.8) is 0 Å². The van der Waals surface area contributed by atoms with Crippen molar-refractivity contribution in [2.45, 2.75) is 39.4 Å². The monoisotopic (exact) mass is 522 g/mol. The van der Waals surface area contributed by atoms with Crippen LogP contribution in [0.3, 0.4) is 0 Å². The van der Waals surface area contributed by atoms with E-state index in [1.54, 1.807) is 24.9 Å². The Bertz CT molecular complexity index is 1320. The molecule has 38 heavy (non-hydrogen) atoms. The maximum atomic E-state index is 14.2. The maximum Gasteiger partial charge on any atom is 0.274 e. The van der Waals surface area contributed by atoms with E-state index in [1.807, 2.05) is 37.3 Å². The average molecular weight is 523 g/mol. The predicted octanol–water partition coefficient (Wildman–Crippen LogP) is 3.91. The number of hydrogen-bond donors (Lipinski definition) is 3. The smallest absolute Gasteiger partial charge is 0.274 e. The topological polar surface area (TPSA) is 84.9 Å². The summed E-state index contributed by atoms with van der Waals surface area (Å²) in [5.41, 5.74) is 2.34. The molecule has 2 aromatic carbocycles. The van der Waals surface area contributed by atoms with Crippen molar-refractivity contribution in [2.24, 2.45) is 0 Å². The van der Waals surface area contributed by atoms with Crippen molar-refractivity contribution >= 4 is 11.8 Å². The molecule has 2 aromatic rings. The molecular formula is C29H32F2N4O3. The van der Waals surface area contributed by atoms with Gasteiger partial charge in [-0.25, -0.2) is 8.78 Å². The van der Waals surface area contributed by atoms with E-state index < -0.39 is 17.5 Å². The van der Waals surface area contributed by atoms with Crippen LogP contribution in [0.1, 0.15) is 31.4 Å². The van der Waals surface area contributed by atoms with Gasteiger partial charge in [-0.3, -0.25) is 9.59 Å². The lowest BCUT2D eigenvalue weighted by atomic mass is 9.92. The number of allylic oxidation sites excluding steroid dienone is 2. The standard InChI is InChI=1S/C29H32F2N4O3/c1-4-21-24(28(37)33-17-19-11-12-20(30)15-22(19)31)25-23(32-16-18-9-7-6-8-10-18)13-14-35(25)26(27(21)36)29(38)34(3)5-2/h4,6-12,15,23,32,36H,5,13-14,16-17H2,1-3H3,(H,33,37)/b21-4+. The van der Waals surface area contributed by atoms with Gasteiger partial charge in [0.1, 0.15) is 17.3 Å². The zero-order chi connectivity index (χ0) is 27.4. The number of nitrogens with zero attached hydrogens (tertiary/aromatic N) is 2. The van der Waals surface area contributed by atoms with Crippen LogP contribution >= 0.6 is 0 Å². The molecule has 0 aliphatic carbocycles. The van der Waals surface area contributed by atoms with Crippen molar-refractivity contribution in [3.8, 4) is 0 Å². The third-order valence-corrected chi connectivity index (χ3v) is 6.93. The van der Waals surface area contributed by atoms with Gasteiger partial charge in [-0.1, -0.05) is 42.5 Å². The molecule has 0 bridgehead atoms. The third kappa shape index (κ3) is 5.33. The van der Waals surface area contributed by atoms with Crippen molar-refractivity contribution in [1.82, 2.24) is 20.4 Å². The molecule has 200 valence electrons. The van der Waals surface area contributed by atoms with Gasteiger partial charge in [0.2, 0.25) is 0 Å². The Kier molecular flexibility index (Phi) is 8.26. The van der Waals surface area contributed by atoms with Crippen LogP contribution in [0.15, 0.2) is 82.9 Å². The minimum Gasteiger partial charge on any atom is -0.505 e. The molecular weight excluding hydrogens is 490 g/mol. The van der Waals surface area contributed by atoms with Crippen molar-refractivity contribution < 1.29 is 23.5 Å². The number of amides is 2. The summed E-state index contributed by atoms with van der Waals surface area (Å²) in [6, 6.07) is 12.7. The van der Waals surface area contributed by atoms with Crippen LogP contribution in [0.4, 0.5) is 8.78 Å². The van der Waals surface area contributed by atoms with Gasteiger partial charge in [0.05, 0.1) is 11.6 Å². The Morgan fingerprint density at radius 2 is 1.89 bits per heavy atom. The highest BCUT2D eigenvalue weighted by atomic mass is 19.1. The lowest BCUT2D eigenvalue weighted by Crippen LogP contribution is -2.42. The second-order valence-electron chi connectivity index (χ2n) is 9.26. The quantitative estimate of drug-likeness (QED) is 0.490. The van der Waals surface area contributed by atoms with E-state index in [1.165, 1.54) is 11.0 Å². The molecule has 9 heteroatoms. The minimum absolute atomic E-state index is 0.127. The minimum atomic E-state index is -0.763. The van der Waals surface area contributed by atoms with Crippen LogP contribution < -0.4 is 10.6 Å². The van der Waals surface area contributed by atoms with Gasteiger partial charge in [0, 0.05) is 56.1 Å². The summed E-state index contributed by atoms with van der Waals surface area (Å²) in [6.07, 6.45) is 2.20. The molecule has 0 aromatic heterocycles. The summed E-state index contributed by atoms with van der Waals surface area (Å²) in [7, 11) is 1.65. The largest absolute Gasteiger partial charge is 0.505 e. The third-order valence-electron chi connectivity index (χ3n) is 6.93. The van der Waals surface area contributed by atoms with Crippen molar-refractivity contribution in [1.29, 1.82) is 0 Å². The van der Waals surface area contributed by atoms with E-state index in [4.69, 9.17) is 0 Å². The number of aliphatic hydroxyl groups is 1. The lowest BCUT2D eigenvalue weighted by Gasteiger charge is -2.34. The highest BCUT2D eigenvalue weighted by molar-refractivity contribution is 6.03. The van der Waals surface area contributed by atoms with Gasteiger partial charge in [0.15, 0.2) is 5.76 Å². The molecule has 2 heterocycles. The first-order valence-electron chi connectivity index (χ1n) is 12.6. The predicted molar refractivity (Wildman–Crippen MR) is 140 cm³/mol. The lowest BCUT2D eigenvalue weighted by molar-refractivity contribution is -0.127. The molecule has 1 unspecified atom stereocenters. The SMILES string of the molecule is C/C=C1/C(O)=C(C(=O)N(C)CC)N2CCC(NCc3ccccc3)C2=C1C(=O)NCc1ccc(F)cc1F. The van der Waals surface area contributed by atoms with E-state index in [0.29, 0.717) is 31.8 Å². The van der Waals surface area contributed by atoms with Crippen LogP contribution in [0.5, 0.6) is 0 Å². The summed E-state index contributed by atoms with van der Waals surface area (Å²) < 4.78 is 27.5. The molecule has 0 saturated carbocycles. The summed E-state index contributed by atoms with van der Waals surface area (Å²) >= 11 is 0. The molecule has 0 radical (unpaired) electrons. The molecule has 1 fully saturated rings. The van der Waals surface area contributed by atoms with Gasteiger partial charge in [-0.05, 0) is 31.9 Å². The zero-order valence-electron chi connectivity index (χ0n) is 21.7. The summed E-state index contributed by atoms with van der Waals surface area (Å²) in [6.45, 7) is 4.76. The number of fused-ring (bicyclic) bond motifs is 1. The number of nitrogens with one attached hydrogen (secondary N) is 2. The highest BCUT2D eigenvalue weighted by Gasteiger charge is 2.43. The van der Waals surface area contributed by atoms with Crippen LogP contribution in [0.25, 0.3) is 0 Å². The Balaban J connectivity index is 1.71. The second-order valence-corrected chi connectivity index (χ2v) is 9.26. The molecule has 4 rings (SSSR count). The summed E-state index contributed by atoms with van der Waals surface area (Å²) in [5.74, 6) is -2.62. The van der Waals surface area contributed by atoms with Crippen LogP contribution in [-0.2, 0) is 22.7 Å². The number of halogens is 2. The number of aliphatic hydroxyl groups excluding tert-OH is 1. The van der Waals surface area contributed by atoms with Crippen LogP contribution in [0, 0.1) is 11.6 Å². The Morgan fingerprint density at radius 1 is 1.16 bits per heavy atom. The van der Waals surface area contributed by atoms with Gasteiger partial charge < -0.3 is 25.5 Å². The van der Waals surface area contributed by atoms with Gasteiger partial charge in [-0.15, -0.1) is 0 Å². The van der Waals surface area contributed by atoms with Crippen LogP contribution in [0.2, 0.25) is 0 Å². The first-order chi connectivity index (χ1) is 18.3. The summed E-state index contributed by atoms with van der Waals surface area (Å²) in [4.78, 5) is 30.1. The molecule has 2 aliphatic heterocycles. The Labute approximate surface area is 221 Å². The number of carbonyl (C=O) groups is 2. The van der Waals surface area contributed by atoms with Gasteiger partial charge in [-0.2, -0.15) is 0 Å². The molecule has 1 saturated heterocycles. The molecule has 1 atom stereocenters. The number of carbonyl (C=O) groups excluding carboxylic acids is 2. The molecule has 2 amide bonds. The van der Waals surface area contributed by atoms with Gasteiger partial charge in [0.25, 0.3) is 11.8 Å². The zero-order valence-corrected chi connectivity index (χ0v) is 21.7. The van der Waals surface area contributed by atoms with Crippen molar-refractivity contribution in [2.75, 3.05) is 20.1 Å². The number of rotatable bonds is 8. The van der Waals surface area contributed by atoms with E-state index >= 15 is 0 Å². The van der Waals surface area contributed by atoms with E-state index in [9.17, 15) is 23.5 Å². The Hall–Kier alpha value is -3.98. The highest BCUT2D eigenvalue weighted by Crippen LogP contribution is 2.40. The summed E-state index contributed by atoms with van der Waals surface area (Å²) in [5, 5.41) is 17.5. The fourth-order valence-corrected chi connectivity index (χ4v) is 4.78. The first-order valence-corrected chi connectivity index (χ1v) is 12.6. The first kappa shape index (κ1) is 27.1. The average Bonchev–Trinajstić information content (AvgIpc) is 3.33. The molecule has 0 spiro atoms. The molecule has 3 N–H and O–H groups in total. The van der Waals surface area contributed by atoms with Gasteiger partial charge >= 0.3 is 0 Å². The van der Waals surface area contributed by atoms with E-state index in [0.717, 1.165) is 17.7 Å². The van der Waals surface area contributed by atoms with E-state index in [-0.39, 0.29) is 46.7 Å².